The SMILES string of the molecule is C=C(C)C(=O)OCCO.C=C(C)C(=O)OCCOC(=O)c1cc(C)c(C)cc1[N+](=O)[O-].Cc1cc(C(=O)O)c([N+](=O)[O-])cc1C.ClCCl. The molecule has 0 fully saturated rings. The van der Waals surface area contributed by atoms with Crippen LogP contribution in [-0.4, -0.2) is 75.7 Å². The summed E-state index contributed by atoms with van der Waals surface area (Å²) in [5.41, 5.74) is 2.41. The van der Waals surface area contributed by atoms with Gasteiger partial charge in [0.05, 0.1) is 21.8 Å². The summed E-state index contributed by atoms with van der Waals surface area (Å²) in [4.78, 5) is 64.4. The Bertz CT molecular complexity index is 1470. The number of hydrogen-bond acceptors (Lipinski definition) is 12. The van der Waals surface area contributed by atoms with Gasteiger partial charge in [0.15, 0.2) is 0 Å². The van der Waals surface area contributed by atoms with Gasteiger partial charge in [0, 0.05) is 23.3 Å². The Balaban J connectivity index is 0. The number of ether oxygens (including phenoxy) is 3. The summed E-state index contributed by atoms with van der Waals surface area (Å²) in [5.74, 6) is -3.15. The molecule has 0 aliphatic rings. The van der Waals surface area contributed by atoms with Crippen molar-refractivity contribution >= 4 is 58.5 Å². The smallest absolute Gasteiger partial charge is 0.345 e. The molecule has 0 radical (unpaired) electrons. The minimum Gasteiger partial charge on any atom is -0.477 e. The van der Waals surface area contributed by atoms with Crippen molar-refractivity contribution in [2.45, 2.75) is 41.5 Å². The molecule has 0 aliphatic carbocycles. The van der Waals surface area contributed by atoms with Gasteiger partial charge in [-0.1, -0.05) is 13.2 Å². The third-order valence-corrected chi connectivity index (χ3v) is 5.64. The quantitative estimate of drug-likeness (QED) is 0.0525. The van der Waals surface area contributed by atoms with E-state index in [1.165, 1.54) is 31.2 Å². The zero-order valence-corrected chi connectivity index (χ0v) is 28.8. The van der Waals surface area contributed by atoms with Crippen LogP contribution in [0.25, 0.3) is 0 Å². The molecule has 15 nitrogen and oxygen atoms in total. The summed E-state index contributed by atoms with van der Waals surface area (Å²) in [6, 6.07) is 5.33. The molecule has 17 heteroatoms. The van der Waals surface area contributed by atoms with Crippen LogP contribution in [0, 0.1) is 47.9 Å². The minimum absolute atomic E-state index is 0.0473. The maximum absolute atomic E-state index is 11.9. The highest BCUT2D eigenvalue weighted by Crippen LogP contribution is 2.24. The number of nitrogens with zero attached hydrogens (tertiary/aromatic N) is 2. The van der Waals surface area contributed by atoms with Crippen LogP contribution in [-0.2, 0) is 23.8 Å². The van der Waals surface area contributed by atoms with Crippen LogP contribution in [0.4, 0.5) is 11.4 Å². The van der Waals surface area contributed by atoms with E-state index in [1.54, 1.807) is 34.6 Å². The molecule has 2 aromatic carbocycles. The highest BCUT2D eigenvalue weighted by Gasteiger charge is 2.23. The Hall–Kier alpha value is -4.86. The van der Waals surface area contributed by atoms with E-state index in [0.717, 1.165) is 11.1 Å². The van der Waals surface area contributed by atoms with Gasteiger partial charge in [-0.2, -0.15) is 0 Å². The summed E-state index contributed by atoms with van der Waals surface area (Å²) in [5, 5.41) is 38.6. The lowest BCUT2D eigenvalue weighted by atomic mass is 10.0. The van der Waals surface area contributed by atoms with Gasteiger partial charge in [-0.25, -0.2) is 19.2 Å². The van der Waals surface area contributed by atoms with Gasteiger partial charge >= 0.3 is 23.9 Å². The van der Waals surface area contributed by atoms with Crippen molar-refractivity contribution in [3.63, 3.8) is 0 Å². The van der Waals surface area contributed by atoms with E-state index < -0.39 is 33.7 Å². The number of carbonyl (C=O) groups excluding carboxylic acids is 3. The van der Waals surface area contributed by atoms with E-state index in [1.807, 2.05) is 0 Å². The average Bonchev–Trinajstić information content (AvgIpc) is 3.00. The molecular formula is C31H38Cl2N2O13. The van der Waals surface area contributed by atoms with E-state index in [-0.39, 0.29) is 59.8 Å². The highest BCUT2D eigenvalue weighted by atomic mass is 35.5. The second-order valence-corrected chi connectivity index (χ2v) is 10.3. The Morgan fingerprint density at radius 1 is 0.708 bits per heavy atom. The van der Waals surface area contributed by atoms with Crippen LogP contribution in [0.1, 0.15) is 56.8 Å². The zero-order chi connectivity index (χ0) is 37.7. The molecule has 2 N–H and O–H groups in total. The van der Waals surface area contributed by atoms with Crippen molar-refractivity contribution < 1.29 is 53.4 Å². The molecule has 0 aromatic heterocycles. The van der Waals surface area contributed by atoms with Crippen LogP contribution in [0.5, 0.6) is 0 Å². The number of rotatable bonds is 11. The second-order valence-electron chi connectivity index (χ2n) is 9.52. The molecule has 2 aromatic rings. The number of carboxylic acid groups (broad SMARTS) is 1. The number of aliphatic hydroxyl groups is 1. The van der Waals surface area contributed by atoms with Gasteiger partial charge in [-0.15, -0.1) is 23.2 Å². The average molecular weight is 718 g/mol. The number of nitro groups is 2. The number of aryl methyl sites for hydroxylation is 4. The number of carbonyl (C=O) groups is 4. The van der Waals surface area contributed by atoms with Crippen LogP contribution in [0.2, 0.25) is 0 Å². The Kier molecular flexibility index (Phi) is 22.1. The van der Waals surface area contributed by atoms with Crippen LogP contribution in [0.15, 0.2) is 48.6 Å². The Morgan fingerprint density at radius 3 is 1.40 bits per heavy atom. The van der Waals surface area contributed by atoms with E-state index in [2.05, 4.69) is 17.9 Å². The molecule has 264 valence electrons. The summed E-state index contributed by atoms with van der Waals surface area (Å²) >= 11 is 9.53. The first kappa shape index (κ1) is 45.3. The number of carboxylic acids is 1. The lowest BCUT2D eigenvalue weighted by Crippen LogP contribution is -2.15. The molecule has 2 rings (SSSR count). The molecule has 0 saturated heterocycles. The number of hydrogen-bond donors (Lipinski definition) is 2. The molecule has 0 unspecified atom stereocenters. The first-order valence-electron chi connectivity index (χ1n) is 13.6. The molecule has 0 spiro atoms. The third kappa shape index (κ3) is 17.2. The number of benzene rings is 2. The number of nitro benzene ring substituents is 2. The largest absolute Gasteiger partial charge is 0.477 e. The van der Waals surface area contributed by atoms with E-state index in [4.69, 9.17) is 42.9 Å². The molecule has 0 heterocycles. The molecular weight excluding hydrogens is 679 g/mol. The fourth-order valence-electron chi connectivity index (χ4n) is 2.97. The lowest BCUT2D eigenvalue weighted by Gasteiger charge is -2.08. The van der Waals surface area contributed by atoms with Gasteiger partial charge in [0.2, 0.25) is 0 Å². The molecule has 0 bridgehead atoms. The fourth-order valence-corrected chi connectivity index (χ4v) is 2.97. The van der Waals surface area contributed by atoms with Crippen LogP contribution < -0.4 is 0 Å². The summed E-state index contributed by atoms with van der Waals surface area (Å²) in [6.07, 6.45) is 0. The van der Waals surface area contributed by atoms with Crippen molar-refractivity contribution in [3.8, 4) is 0 Å². The third-order valence-electron chi connectivity index (χ3n) is 5.64. The number of esters is 3. The fraction of sp³-hybridized carbons (Fsp3) is 0.355. The summed E-state index contributed by atoms with van der Waals surface area (Å²) in [7, 11) is 0. The first-order valence-corrected chi connectivity index (χ1v) is 14.6. The van der Waals surface area contributed by atoms with E-state index in [9.17, 15) is 39.4 Å². The second kappa shape index (κ2) is 23.5. The molecule has 48 heavy (non-hydrogen) atoms. The molecule has 0 atom stereocenters. The van der Waals surface area contributed by atoms with Crippen molar-refractivity contribution in [1.29, 1.82) is 0 Å². The number of aromatic carboxylic acids is 1. The lowest BCUT2D eigenvalue weighted by molar-refractivity contribution is -0.385. The Labute approximate surface area is 287 Å². The first-order chi connectivity index (χ1) is 22.3. The molecule has 0 saturated carbocycles. The van der Waals surface area contributed by atoms with E-state index in [0.29, 0.717) is 16.7 Å². The van der Waals surface area contributed by atoms with Gasteiger partial charge in [0.25, 0.3) is 11.4 Å². The number of halogens is 2. The predicted molar refractivity (Wildman–Crippen MR) is 178 cm³/mol. The van der Waals surface area contributed by atoms with Gasteiger partial charge < -0.3 is 24.4 Å². The van der Waals surface area contributed by atoms with Crippen molar-refractivity contribution in [2.24, 2.45) is 0 Å². The van der Waals surface area contributed by atoms with Gasteiger partial charge in [-0.3, -0.25) is 20.2 Å². The predicted octanol–water partition coefficient (Wildman–Crippen LogP) is 5.92. The monoisotopic (exact) mass is 716 g/mol. The molecule has 0 aliphatic heterocycles. The van der Waals surface area contributed by atoms with Crippen molar-refractivity contribution in [1.82, 2.24) is 0 Å². The summed E-state index contributed by atoms with van der Waals surface area (Å²) in [6.45, 7) is 16.3. The molecule has 0 amide bonds. The number of aliphatic hydroxyl groups excluding tert-OH is 1. The standard InChI is InChI=1S/C15H17NO6.C9H9NO4.C6H10O3.CH2Cl2/c1-9(2)14(17)21-5-6-22-15(18)12-7-10(3)11(4)8-13(12)16(19)20;1-5-3-7(9(11)12)8(10(13)14)4-6(5)2;1-5(2)6(8)9-4-3-7;2-1-3/h7-8H,1,5-6H2,2-4H3;3-4H,1-2H3,(H,11,12);7H,1,3-4H2,2H3;1H2. The van der Waals surface area contributed by atoms with Crippen LogP contribution >= 0.6 is 23.2 Å². The normalized spacial score (nSPS) is 9.44. The van der Waals surface area contributed by atoms with Crippen molar-refractivity contribution in [2.75, 3.05) is 31.8 Å². The zero-order valence-electron chi connectivity index (χ0n) is 27.3. The Morgan fingerprint density at radius 2 is 1.04 bits per heavy atom. The van der Waals surface area contributed by atoms with Crippen LogP contribution in [0.3, 0.4) is 0 Å². The minimum atomic E-state index is -1.28. The summed E-state index contributed by atoms with van der Waals surface area (Å²) < 4.78 is 14.1. The topological polar surface area (TPSA) is 223 Å². The maximum atomic E-state index is 11.9. The van der Waals surface area contributed by atoms with Crippen molar-refractivity contribution in [3.05, 3.63) is 102 Å². The highest BCUT2D eigenvalue weighted by molar-refractivity contribution is 6.40. The van der Waals surface area contributed by atoms with Gasteiger partial charge in [-0.05, 0) is 75.9 Å². The number of alkyl halides is 2. The maximum Gasteiger partial charge on any atom is 0.345 e. The van der Waals surface area contributed by atoms with E-state index >= 15 is 0 Å². The van der Waals surface area contributed by atoms with Gasteiger partial charge in [0.1, 0.15) is 30.9 Å².